The predicted octanol–water partition coefficient (Wildman–Crippen LogP) is 2.38. The Morgan fingerprint density at radius 1 is 1.54 bits per heavy atom. The first-order chi connectivity index (χ1) is 6.23. The minimum atomic E-state index is -0.602. The molecule has 2 aliphatic rings. The molecule has 74 valence electrons. The molecule has 1 aliphatic heterocycles. The molecule has 1 heterocycles. The fraction of sp³-hybridized carbons (Fsp3) is 0.900. The number of hydrogen-bond donors (Lipinski definition) is 1. The zero-order valence-corrected chi connectivity index (χ0v) is 8.61. The summed E-state index contributed by atoms with van der Waals surface area (Å²) in [4.78, 5) is 10.8. The lowest BCUT2D eigenvalue weighted by atomic mass is 9.77. The fourth-order valence-electron chi connectivity index (χ4n) is 2.48. The largest absolute Gasteiger partial charge is 0.481 e. The maximum atomic E-state index is 10.8. The first-order valence-corrected chi connectivity index (χ1v) is 6.18. The standard InChI is InChI=1S/C10H16O2S/c11-9(12)6-10(8-2-3-8)4-1-5-13-7-10/h8H,1-7H2,(H,11,12). The Hall–Kier alpha value is -0.180. The molecular weight excluding hydrogens is 184 g/mol. The molecule has 1 N–H and O–H groups in total. The first kappa shape index (κ1) is 9.38. The van der Waals surface area contributed by atoms with Crippen LogP contribution in [-0.4, -0.2) is 22.6 Å². The molecule has 1 saturated carbocycles. The van der Waals surface area contributed by atoms with Crippen LogP contribution in [0.2, 0.25) is 0 Å². The Kier molecular flexibility index (Phi) is 2.54. The van der Waals surface area contributed by atoms with Crippen molar-refractivity contribution in [1.29, 1.82) is 0 Å². The maximum absolute atomic E-state index is 10.8. The molecule has 0 spiro atoms. The summed E-state index contributed by atoms with van der Waals surface area (Å²) in [5.74, 6) is 2.45. The number of carbonyl (C=O) groups is 1. The number of thioether (sulfide) groups is 1. The summed E-state index contributed by atoms with van der Waals surface area (Å²) in [6.07, 6.45) is 5.32. The topological polar surface area (TPSA) is 37.3 Å². The number of rotatable bonds is 3. The zero-order chi connectivity index (χ0) is 9.31. The van der Waals surface area contributed by atoms with Crippen LogP contribution in [0.5, 0.6) is 0 Å². The molecule has 2 rings (SSSR count). The van der Waals surface area contributed by atoms with Gasteiger partial charge in [0.15, 0.2) is 0 Å². The van der Waals surface area contributed by atoms with Crippen LogP contribution in [0.3, 0.4) is 0 Å². The summed E-state index contributed by atoms with van der Waals surface area (Å²) in [5.41, 5.74) is 0.175. The van der Waals surface area contributed by atoms with Gasteiger partial charge in [0, 0.05) is 0 Å². The van der Waals surface area contributed by atoms with Crippen molar-refractivity contribution < 1.29 is 9.90 Å². The summed E-state index contributed by atoms with van der Waals surface area (Å²) in [6.45, 7) is 0. The van der Waals surface area contributed by atoms with Crippen LogP contribution >= 0.6 is 11.8 Å². The van der Waals surface area contributed by atoms with E-state index in [-0.39, 0.29) is 5.41 Å². The summed E-state index contributed by atoms with van der Waals surface area (Å²) in [7, 11) is 0. The molecule has 1 atom stereocenters. The fourth-order valence-corrected chi connectivity index (χ4v) is 3.86. The van der Waals surface area contributed by atoms with Gasteiger partial charge in [0.2, 0.25) is 0 Å². The van der Waals surface area contributed by atoms with E-state index in [1.807, 2.05) is 11.8 Å². The van der Waals surface area contributed by atoms with Gasteiger partial charge in [0.05, 0.1) is 6.42 Å². The van der Waals surface area contributed by atoms with Crippen LogP contribution in [0.25, 0.3) is 0 Å². The Labute approximate surface area is 83.1 Å². The highest BCUT2D eigenvalue weighted by Gasteiger charge is 2.46. The molecule has 1 unspecified atom stereocenters. The molecule has 2 nitrogen and oxygen atoms in total. The molecule has 0 aromatic heterocycles. The van der Waals surface area contributed by atoms with Gasteiger partial charge in [0.25, 0.3) is 0 Å². The van der Waals surface area contributed by atoms with E-state index >= 15 is 0 Å². The van der Waals surface area contributed by atoms with Crippen LogP contribution in [0.4, 0.5) is 0 Å². The van der Waals surface area contributed by atoms with E-state index in [1.54, 1.807) is 0 Å². The van der Waals surface area contributed by atoms with Crippen molar-refractivity contribution in [1.82, 2.24) is 0 Å². The van der Waals surface area contributed by atoms with Gasteiger partial charge in [-0.3, -0.25) is 4.79 Å². The zero-order valence-electron chi connectivity index (χ0n) is 7.79. The van der Waals surface area contributed by atoms with E-state index in [0.29, 0.717) is 6.42 Å². The predicted molar refractivity (Wildman–Crippen MR) is 54.0 cm³/mol. The second-order valence-corrected chi connectivity index (χ2v) is 5.47. The second kappa shape index (κ2) is 3.52. The highest BCUT2D eigenvalue weighted by atomic mass is 32.2. The summed E-state index contributed by atoms with van der Waals surface area (Å²) in [6, 6.07) is 0. The van der Waals surface area contributed by atoms with Crippen molar-refractivity contribution in [3.05, 3.63) is 0 Å². The first-order valence-electron chi connectivity index (χ1n) is 5.02. The average molecular weight is 200 g/mol. The lowest BCUT2D eigenvalue weighted by Crippen LogP contribution is -2.32. The van der Waals surface area contributed by atoms with Gasteiger partial charge in [-0.25, -0.2) is 0 Å². The van der Waals surface area contributed by atoms with E-state index in [4.69, 9.17) is 5.11 Å². The molecule has 1 aliphatic carbocycles. The molecule has 13 heavy (non-hydrogen) atoms. The smallest absolute Gasteiger partial charge is 0.303 e. The van der Waals surface area contributed by atoms with Crippen LogP contribution < -0.4 is 0 Å². The van der Waals surface area contributed by atoms with Crippen LogP contribution in [-0.2, 0) is 4.79 Å². The van der Waals surface area contributed by atoms with E-state index in [9.17, 15) is 4.79 Å². The Balaban J connectivity index is 2.04. The van der Waals surface area contributed by atoms with Gasteiger partial charge in [-0.1, -0.05) is 0 Å². The molecule has 2 fully saturated rings. The third kappa shape index (κ3) is 2.01. The van der Waals surface area contributed by atoms with Crippen molar-refractivity contribution in [3.8, 4) is 0 Å². The number of carboxylic acids is 1. The van der Waals surface area contributed by atoms with Gasteiger partial charge >= 0.3 is 5.97 Å². The van der Waals surface area contributed by atoms with Crippen LogP contribution in [0.1, 0.15) is 32.1 Å². The molecule has 0 amide bonds. The minimum absolute atomic E-state index is 0.175. The maximum Gasteiger partial charge on any atom is 0.303 e. The molecule has 0 aromatic rings. The normalized spacial score (nSPS) is 34.5. The molecule has 0 radical (unpaired) electrons. The quantitative estimate of drug-likeness (QED) is 0.760. The number of carboxylic acid groups (broad SMARTS) is 1. The van der Waals surface area contributed by atoms with Gasteiger partial charge in [-0.2, -0.15) is 11.8 Å². The van der Waals surface area contributed by atoms with E-state index in [2.05, 4.69) is 0 Å². The Morgan fingerprint density at radius 2 is 2.31 bits per heavy atom. The lowest BCUT2D eigenvalue weighted by Gasteiger charge is -2.36. The van der Waals surface area contributed by atoms with Crippen molar-refractivity contribution in [2.75, 3.05) is 11.5 Å². The third-order valence-corrected chi connectivity index (χ3v) is 4.66. The van der Waals surface area contributed by atoms with Crippen LogP contribution in [0, 0.1) is 11.3 Å². The average Bonchev–Trinajstić information content (AvgIpc) is 2.86. The van der Waals surface area contributed by atoms with Gasteiger partial charge < -0.3 is 5.11 Å². The highest BCUT2D eigenvalue weighted by Crippen LogP contribution is 2.54. The van der Waals surface area contributed by atoms with Crippen LogP contribution in [0.15, 0.2) is 0 Å². The van der Waals surface area contributed by atoms with Crippen molar-refractivity contribution in [3.63, 3.8) is 0 Å². The number of hydrogen-bond acceptors (Lipinski definition) is 2. The Morgan fingerprint density at radius 3 is 2.77 bits per heavy atom. The summed E-state index contributed by atoms with van der Waals surface area (Å²) >= 11 is 1.95. The number of aliphatic carboxylic acids is 1. The van der Waals surface area contributed by atoms with E-state index < -0.39 is 5.97 Å². The monoisotopic (exact) mass is 200 g/mol. The Bertz CT molecular complexity index is 205. The summed E-state index contributed by atoms with van der Waals surface area (Å²) in [5, 5.41) is 8.90. The summed E-state index contributed by atoms with van der Waals surface area (Å²) < 4.78 is 0. The van der Waals surface area contributed by atoms with E-state index in [0.717, 1.165) is 18.1 Å². The van der Waals surface area contributed by atoms with Crippen molar-refractivity contribution in [2.45, 2.75) is 32.1 Å². The molecular formula is C10H16O2S. The molecule has 0 aromatic carbocycles. The van der Waals surface area contributed by atoms with Crippen molar-refractivity contribution in [2.24, 2.45) is 11.3 Å². The van der Waals surface area contributed by atoms with E-state index in [1.165, 1.54) is 25.0 Å². The molecule has 1 saturated heterocycles. The molecule has 3 heteroatoms. The lowest BCUT2D eigenvalue weighted by molar-refractivity contribution is -0.140. The van der Waals surface area contributed by atoms with Crippen molar-refractivity contribution >= 4 is 17.7 Å². The van der Waals surface area contributed by atoms with Gasteiger partial charge in [-0.05, 0) is 48.5 Å². The van der Waals surface area contributed by atoms with Gasteiger partial charge in [0.1, 0.15) is 0 Å². The SMILES string of the molecule is O=C(O)CC1(C2CC2)CCCSC1. The molecule has 0 bridgehead atoms. The highest BCUT2D eigenvalue weighted by molar-refractivity contribution is 7.99. The second-order valence-electron chi connectivity index (χ2n) is 4.36. The third-order valence-electron chi connectivity index (χ3n) is 3.30. The minimum Gasteiger partial charge on any atom is -0.481 e. The van der Waals surface area contributed by atoms with Gasteiger partial charge in [-0.15, -0.1) is 0 Å².